The van der Waals surface area contributed by atoms with Gasteiger partial charge in [-0.2, -0.15) is 0 Å². The minimum atomic E-state index is -0.274. The van der Waals surface area contributed by atoms with E-state index in [1.54, 1.807) is 35.2 Å². The van der Waals surface area contributed by atoms with E-state index in [1.165, 1.54) is 11.3 Å². The monoisotopic (exact) mass is 368 g/mol. The number of carbonyl (C=O) groups is 1. The number of aryl methyl sites for hydroxylation is 1. The number of nitrogens with zero attached hydrogens (tertiary/aromatic N) is 4. The zero-order valence-corrected chi connectivity index (χ0v) is 14.7. The first-order valence-electron chi connectivity index (χ1n) is 7.35. The molecule has 0 atom stereocenters. The molecule has 3 aromatic heterocycles. The van der Waals surface area contributed by atoms with Crippen LogP contribution in [0.5, 0.6) is 0 Å². The van der Waals surface area contributed by atoms with Crippen LogP contribution in [-0.2, 0) is 0 Å². The molecule has 4 rings (SSSR count). The molecule has 3 heterocycles. The molecule has 0 fully saturated rings. The molecule has 2 N–H and O–H groups in total. The highest BCUT2D eigenvalue weighted by Crippen LogP contribution is 2.25. The predicted molar refractivity (Wildman–Crippen MR) is 99.7 cm³/mol. The Morgan fingerprint density at radius 2 is 2.00 bits per heavy atom. The zero-order valence-electron chi connectivity index (χ0n) is 13.1. The lowest BCUT2D eigenvalue weighted by atomic mass is 10.3. The van der Waals surface area contributed by atoms with Gasteiger partial charge in [0.2, 0.25) is 5.95 Å². The van der Waals surface area contributed by atoms with Crippen molar-refractivity contribution in [3.8, 4) is 0 Å². The summed E-state index contributed by atoms with van der Waals surface area (Å²) in [7, 11) is 0. The fraction of sp³-hybridized carbons (Fsp3) is 0.0625. The zero-order chi connectivity index (χ0) is 17.2. The van der Waals surface area contributed by atoms with Crippen LogP contribution in [0, 0.1) is 6.92 Å². The van der Waals surface area contributed by atoms with E-state index in [4.69, 9.17) is 0 Å². The Morgan fingerprint density at radius 1 is 1.16 bits per heavy atom. The number of hydrogen-bond acceptors (Lipinski definition) is 8. The van der Waals surface area contributed by atoms with Crippen LogP contribution in [0.4, 0.5) is 16.8 Å². The third-order valence-electron chi connectivity index (χ3n) is 3.27. The number of anilines is 3. The van der Waals surface area contributed by atoms with Gasteiger partial charge in [0.25, 0.3) is 5.91 Å². The molecule has 0 saturated heterocycles. The van der Waals surface area contributed by atoms with Crippen molar-refractivity contribution in [3.05, 3.63) is 52.7 Å². The van der Waals surface area contributed by atoms with E-state index in [0.717, 1.165) is 15.2 Å². The first kappa shape index (κ1) is 15.6. The second-order valence-electron chi connectivity index (χ2n) is 5.10. The van der Waals surface area contributed by atoms with Gasteiger partial charge in [-0.05, 0) is 31.2 Å². The third-order valence-corrected chi connectivity index (χ3v) is 4.98. The molecule has 0 aliphatic heterocycles. The number of thiazole rings is 2. The molecule has 0 radical (unpaired) electrons. The topological polar surface area (TPSA) is 92.7 Å². The van der Waals surface area contributed by atoms with Crippen LogP contribution in [-0.4, -0.2) is 25.8 Å². The van der Waals surface area contributed by atoms with Gasteiger partial charge < -0.3 is 10.6 Å². The van der Waals surface area contributed by atoms with Crippen molar-refractivity contribution in [2.45, 2.75) is 6.92 Å². The molecule has 0 saturated carbocycles. The van der Waals surface area contributed by atoms with Crippen LogP contribution in [0.15, 0.2) is 42.0 Å². The molecule has 0 spiro atoms. The fourth-order valence-electron chi connectivity index (χ4n) is 2.21. The van der Waals surface area contributed by atoms with Gasteiger partial charge in [0.05, 0.1) is 15.2 Å². The standard InChI is InChI=1S/C16H12N6OS2/c1-9-19-11-7-10(3-4-13(11)25-9)20-14(23)12-8-24-16(21-12)22-15-17-5-2-6-18-15/h2-8H,1H3,(H,20,23)(H,17,18,21,22). The molecule has 0 aliphatic carbocycles. The quantitative estimate of drug-likeness (QED) is 0.568. The normalized spacial score (nSPS) is 10.8. The summed E-state index contributed by atoms with van der Waals surface area (Å²) < 4.78 is 1.10. The summed E-state index contributed by atoms with van der Waals surface area (Å²) in [6, 6.07) is 7.41. The van der Waals surface area contributed by atoms with E-state index in [1.807, 2.05) is 25.1 Å². The molecule has 1 amide bonds. The highest BCUT2D eigenvalue weighted by molar-refractivity contribution is 7.18. The number of benzene rings is 1. The van der Waals surface area contributed by atoms with Crippen molar-refractivity contribution in [2.24, 2.45) is 0 Å². The van der Waals surface area contributed by atoms with Gasteiger partial charge in [0, 0.05) is 23.5 Å². The summed E-state index contributed by atoms with van der Waals surface area (Å²) in [6.45, 7) is 1.96. The number of hydrogen-bond donors (Lipinski definition) is 2. The second kappa shape index (κ2) is 6.54. The largest absolute Gasteiger partial charge is 0.321 e. The molecule has 0 unspecified atom stereocenters. The smallest absolute Gasteiger partial charge is 0.275 e. The molecule has 0 aliphatic rings. The van der Waals surface area contributed by atoms with Gasteiger partial charge in [-0.3, -0.25) is 4.79 Å². The Labute approximate surface area is 150 Å². The summed E-state index contributed by atoms with van der Waals surface area (Å²) >= 11 is 2.94. The maximum atomic E-state index is 12.4. The molecular formula is C16H12N6OS2. The Morgan fingerprint density at radius 3 is 2.84 bits per heavy atom. The maximum Gasteiger partial charge on any atom is 0.275 e. The molecule has 124 valence electrons. The second-order valence-corrected chi connectivity index (χ2v) is 7.20. The minimum Gasteiger partial charge on any atom is -0.321 e. The van der Waals surface area contributed by atoms with Crippen molar-refractivity contribution < 1.29 is 4.79 Å². The highest BCUT2D eigenvalue weighted by atomic mass is 32.1. The first-order chi connectivity index (χ1) is 12.2. The van der Waals surface area contributed by atoms with Gasteiger partial charge in [-0.1, -0.05) is 0 Å². The maximum absolute atomic E-state index is 12.4. The van der Waals surface area contributed by atoms with E-state index >= 15 is 0 Å². The third kappa shape index (κ3) is 3.47. The summed E-state index contributed by atoms with van der Waals surface area (Å²) in [5.74, 6) is 0.165. The van der Waals surface area contributed by atoms with E-state index in [2.05, 4.69) is 30.6 Å². The van der Waals surface area contributed by atoms with Crippen molar-refractivity contribution in [3.63, 3.8) is 0 Å². The van der Waals surface area contributed by atoms with Crippen LogP contribution in [0.3, 0.4) is 0 Å². The number of aromatic nitrogens is 4. The fourth-order valence-corrected chi connectivity index (χ4v) is 3.70. The summed E-state index contributed by atoms with van der Waals surface area (Å²) in [4.78, 5) is 29.2. The summed E-state index contributed by atoms with van der Waals surface area (Å²) in [6.07, 6.45) is 3.26. The Kier molecular flexibility index (Phi) is 4.08. The SMILES string of the molecule is Cc1nc2cc(NC(=O)c3csc(Nc4ncccn4)n3)ccc2s1. The van der Waals surface area contributed by atoms with Gasteiger partial charge in [0.1, 0.15) is 5.69 Å². The lowest BCUT2D eigenvalue weighted by Crippen LogP contribution is -2.12. The van der Waals surface area contributed by atoms with Gasteiger partial charge >= 0.3 is 0 Å². The molecule has 4 aromatic rings. The number of nitrogens with one attached hydrogen (secondary N) is 2. The molecule has 25 heavy (non-hydrogen) atoms. The van der Waals surface area contributed by atoms with E-state index in [0.29, 0.717) is 22.5 Å². The molecule has 0 bridgehead atoms. The van der Waals surface area contributed by atoms with Crippen molar-refractivity contribution in [2.75, 3.05) is 10.6 Å². The highest BCUT2D eigenvalue weighted by Gasteiger charge is 2.12. The van der Waals surface area contributed by atoms with Gasteiger partial charge in [0.15, 0.2) is 5.13 Å². The molecule has 1 aromatic carbocycles. The number of rotatable bonds is 4. The average molecular weight is 368 g/mol. The molecule has 9 heteroatoms. The van der Waals surface area contributed by atoms with Crippen LogP contribution in [0.2, 0.25) is 0 Å². The Balaban J connectivity index is 1.48. The predicted octanol–water partition coefficient (Wildman–Crippen LogP) is 3.85. The van der Waals surface area contributed by atoms with Crippen molar-refractivity contribution in [1.29, 1.82) is 0 Å². The van der Waals surface area contributed by atoms with Crippen LogP contribution in [0.25, 0.3) is 10.2 Å². The van der Waals surface area contributed by atoms with E-state index in [-0.39, 0.29) is 5.91 Å². The van der Waals surface area contributed by atoms with E-state index in [9.17, 15) is 4.79 Å². The average Bonchev–Trinajstić information content (AvgIpc) is 3.21. The van der Waals surface area contributed by atoms with Crippen LogP contribution >= 0.6 is 22.7 Å². The van der Waals surface area contributed by atoms with Gasteiger partial charge in [-0.25, -0.2) is 19.9 Å². The number of fused-ring (bicyclic) bond motifs is 1. The summed E-state index contributed by atoms with van der Waals surface area (Å²) in [5.41, 5.74) is 1.90. The molecular weight excluding hydrogens is 356 g/mol. The van der Waals surface area contributed by atoms with Gasteiger partial charge in [-0.15, -0.1) is 22.7 Å². The van der Waals surface area contributed by atoms with Crippen LogP contribution < -0.4 is 10.6 Å². The lowest BCUT2D eigenvalue weighted by molar-refractivity contribution is 0.102. The Bertz CT molecular complexity index is 1040. The number of carbonyl (C=O) groups excluding carboxylic acids is 1. The lowest BCUT2D eigenvalue weighted by Gasteiger charge is -2.03. The summed E-state index contributed by atoms with van der Waals surface area (Å²) in [5, 5.41) is 9.06. The van der Waals surface area contributed by atoms with E-state index < -0.39 is 0 Å². The minimum absolute atomic E-state index is 0.274. The molecule has 7 nitrogen and oxygen atoms in total. The Hall–Kier alpha value is -2.91. The van der Waals surface area contributed by atoms with Crippen LogP contribution in [0.1, 0.15) is 15.5 Å². The number of amides is 1. The van der Waals surface area contributed by atoms with Crippen molar-refractivity contribution in [1.82, 2.24) is 19.9 Å². The first-order valence-corrected chi connectivity index (χ1v) is 9.05. The van der Waals surface area contributed by atoms with Crippen molar-refractivity contribution >= 4 is 55.6 Å².